The molecule has 0 atom stereocenters. The van der Waals surface area contributed by atoms with Crippen LogP contribution in [0.5, 0.6) is 5.75 Å². The number of hydrogen-bond acceptors (Lipinski definition) is 3. The van der Waals surface area contributed by atoms with Crippen LogP contribution in [-0.2, 0) is 0 Å². The zero-order valence-corrected chi connectivity index (χ0v) is 14.6. The molecular formula is C14H22BrClN2O2. The zero-order chi connectivity index (χ0) is 14.6. The van der Waals surface area contributed by atoms with E-state index < -0.39 is 5.54 Å². The van der Waals surface area contributed by atoms with Crippen LogP contribution in [0.15, 0.2) is 22.7 Å². The van der Waals surface area contributed by atoms with Crippen molar-refractivity contribution in [1.29, 1.82) is 0 Å². The molecule has 1 aromatic rings. The van der Waals surface area contributed by atoms with Crippen molar-refractivity contribution >= 4 is 34.2 Å². The topological polar surface area (TPSA) is 64.3 Å². The quantitative estimate of drug-likeness (QED) is 0.842. The van der Waals surface area contributed by atoms with E-state index in [0.717, 1.165) is 4.47 Å². The second-order valence-electron chi connectivity index (χ2n) is 5.48. The van der Waals surface area contributed by atoms with E-state index in [0.29, 0.717) is 17.9 Å². The van der Waals surface area contributed by atoms with Gasteiger partial charge in [-0.1, -0.05) is 15.9 Å². The summed E-state index contributed by atoms with van der Waals surface area (Å²) >= 11 is 3.37. The Balaban J connectivity index is 0.00000361. The normalized spacial score (nSPS) is 10.9. The Kier molecular flexibility index (Phi) is 7.55. The standard InChI is InChI=1S/C14H21BrN2O2.ClH/c1-9(2)19-12-7-10(15)5-6-11(12)13(18)17-8-14(3,4)16;/h5-7,9H,8,16H2,1-4H3,(H,17,18);1H. The van der Waals surface area contributed by atoms with Gasteiger partial charge in [-0.25, -0.2) is 0 Å². The number of carbonyl (C=O) groups excluding carboxylic acids is 1. The van der Waals surface area contributed by atoms with E-state index in [1.807, 2.05) is 33.8 Å². The van der Waals surface area contributed by atoms with Crippen LogP contribution in [0.4, 0.5) is 0 Å². The van der Waals surface area contributed by atoms with Crippen LogP contribution in [0, 0.1) is 0 Å². The van der Waals surface area contributed by atoms with Gasteiger partial charge in [0.2, 0.25) is 0 Å². The molecule has 4 nitrogen and oxygen atoms in total. The van der Waals surface area contributed by atoms with Gasteiger partial charge < -0.3 is 15.8 Å². The molecule has 1 aromatic carbocycles. The van der Waals surface area contributed by atoms with E-state index in [1.165, 1.54) is 0 Å². The van der Waals surface area contributed by atoms with Gasteiger partial charge in [0.05, 0.1) is 11.7 Å². The molecule has 0 fully saturated rings. The third kappa shape index (κ3) is 6.59. The van der Waals surface area contributed by atoms with E-state index in [9.17, 15) is 4.79 Å². The number of amides is 1. The molecule has 0 aliphatic heterocycles. The lowest BCUT2D eigenvalue weighted by molar-refractivity contribution is 0.0940. The van der Waals surface area contributed by atoms with Gasteiger partial charge in [0.1, 0.15) is 5.75 Å². The molecule has 1 rings (SSSR count). The predicted molar refractivity (Wildman–Crippen MR) is 87.8 cm³/mol. The summed E-state index contributed by atoms with van der Waals surface area (Å²) in [6.07, 6.45) is 0.00630. The van der Waals surface area contributed by atoms with E-state index in [1.54, 1.807) is 12.1 Å². The largest absolute Gasteiger partial charge is 0.490 e. The minimum atomic E-state index is -0.440. The lowest BCUT2D eigenvalue weighted by Gasteiger charge is -2.20. The van der Waals surface area contributed by atoms with Crippen LogP contribution in [0.2, 0.25) is 0 Å². The van der Waals surface area contributed by atoms with Crippen LogP contribution < -0.4 is 15.8 Å². The molecule has 0 unspecified atom stereocenters. The molecule has 20 heavy (non-hydrogen) atoms. The number of hydrogen-bond donors (Lipinski definition) is 2. The molecule has 0 saturated carbocycles. The summed E-state index contributed by atoms with van der Waals surface area (Å²) in [6.45, 7) is 7.97. The highest BCUT2D eigenvalue weighted by Gasteiger charge is 2.17. The monoisotopic (exact) mass is 364 g/mol. The van der Waals surface area contributed by atoms with E-state index in [4.69, 9.17) is 10.5 Å². The van der Waals surface area contributed by atoms with Crippen molar-refractivity contribution in [2.75, 3.05) is 6.54 Å². The summed E-state index contributed by atoms with van der Waals surface area (Å²) in [5.41, 5.74) is 5.93. The highest BCUT2D eigenvalue weighted by molar-refractivity contribution is 9.10. The molecule has 0 aliphatic rings. The molecule has 0 bridgehead atoms. The molecule has 0 heterocycles. The van der Waals surface area contributed by atoms with Crippen LogP contribution in [-0.4, -0.2) is 24.1 Å². The maximum atomic E-state index is 12.1. The molecule has 0 saturated heterocycles. The average Bonchev–Trinajstić information content (AvgIpc) is 2.24. The van der Waals surface area contributed by atoms with Gasteiger partial charge in [-0.3, -0.25) is 4.79 Å². The molecule has 0 aliphatic carbocycles. The number of rotatable bonds is 5. The first-order valence-corrected chi connectivity index (χ1v) is 7.01. The first-order valence-electron chi connectivity index (χ1n) is 6.22. The molecular weight excluding hydrogens is 344 g/mol. The Hall–Kier alpha value is -0.780. The van der Waals surface area contributed by atoms with E-state index in [2.05, 4.69) is 21.2 Å². The lowest BCUT2D eigenvalue weighted by Crippen LogP contribution is -2.45. The van der Waals surface area contributed by atoms with Gasteiger partial charge in [-0.2, -0.15) is 0 Å². The molecule has 0 spiro atoms. The zero-order valence-electron chi connectivity index (χ0n) is 12.2. The molecule has 3 N–H and O–H groups in total. The third-order valence-corrected chi connectivity index (χ3v) is 2.75. The molecule has 0 aromatic heterocycles. The van der Waals surface area contributed by atoms with Crippen molar-refractivity contribution in [3.05, 3.63) is 28.2 Å². The summed E-state index contributed by atoms with van der Waals surface area (Å²) in [5.74, 6) is 0.387. The van der Waals surface area contributed by atoms with Crippen LogP contribution in [0.3, 0.4) is 0 Å². The Morgan fingerprint density at radius 2 is 2.05 bits per heavy atom. The SMILES string of the molecule is CC(C)Oc1cc(Br)ccc1C(=O)NCC(C)(C)N.Cl. The Bertz CT molecular complexity index is 459. The summed E-state index contributed by atoms with van der Waals surface area (Å²) < 4.78 is 6.53. The number of nitrogens with one attached hydrogen (secondary N) is 1. The van der Waals surface area contributed by atoms with Crippen molar-refractivity contribution in [1.82, 2.24) is 5.32 Å². The highest BCUT2D eigenvalue weighted by atomic mass is 79.9. The lowest BCUT2D eigenvalue weighted by atomic mass is 10.1. The second kappa shape index (κ2) is 7.86. The maximum absolute atomic E-state index is 12.1. The minimum absolute atomic E-state index is 0. The summed E-state index contributed by atoms with van der Waals surface area (Å²) in [6, 6.07) is 5.35. The smallest absolute Gasteiger partial charge is 0.255 e. The maximum Gasteiger partial charge on any atom is 0.255 e. The fraction of sp³-hybridized carbons (Fsp3) is 0.500. The van der Waals surface area contributed by atoms with Crippen molar-refractivity contribution in [2.45, 2.75) is 39.3 Å². The van der Waals surface area contributed by atoms with E-state index in [-0.39, 0.29) is 24.4 Å². The number of benzene rings is 1. The number of carbonyl (C=O) groups is 1. The van der Waals surface area contributed by atoms with Crippen molar-refractivity contribution in [3.63, 3.8) is 0 Å². The first kappa shape index (κ1) is 19.2. The van der Waals surface area contributed by atoms with Crippen molar-refractivity contribution in [3.8, 4) is 5.75 Å². The summed E-state index contributed by atoms with van der Waals surface area (Å²) in [7, 11) is 0. The van der Waals surface area contributed by atoms with Crippen molar-refractivity contribution < 1.29 is 9.53 Å². The number of nitrogens with two attached hydrogens (primary N) is 1. The van der Waals surface area contributed by atoms with Crippen molar-refractivity contribution in [2.24, 2.45) is 5.73 Å². The fourth-order valence-electron chi connectivity index (χ4n) is 1.44. The van der Waals surface area contributed by atoms with Gasteiger partial charge in [0.25, 0.3) is 5.91 Å². The highest BCUT2D eigenvalue weighted by Crippen LogP contribution is 2.24. The minimum Gasteiger partial charge on any atom is -0.490 e. The fourth-order valence-corrected chi connectivity index (χ4v) is 1.78. The Morgan fingerprint density at radius 3 is 2.55 bits per heavy atom. The van der Waals surface area contributed by atoms with Gasteiger partial charge in [-0.15, -0.1) is 12.4 Å². The molecule has 0 radical (unpaired) electrons. The average molecular weight is 366 g/mol. The van der Waals surface area contributed by atoms with Crippen LogP contribution >= 0.6 is 28.3 Å². The van der Waals surface area contributed by atoms with Crippen LogP contribution in [0.1, 0.15) is 38.1 Å². The third-order valence-electron chi connectivity index (χ3n) is 2.26. The number of halogens is 2. The Labute approximate surface area is 135 Å². The number of ether oxygens (including phenoxy) is 1. The molecule has 1 amide bonds. The van der Waals surface area contributed by atoms with Gasteiger partial charge in [-0.05, 0) is 45.9 Å². The second-order valence-corrected chi connectivity index (χ2v) is 6.39. The summed E-state index contributed by atoms with van der Waals surface area (Å²) in [5, 5.41) is 2.81. The van der Waals surface area contributed by atoms with Gasteiger partial charge in [0, 0.05) is 16.6 Å². The summed E-state index contributed by atoms with van der Waals surface area (Å²) in [4.78, 5) is 12.1. The molecule has 114 valence electrons. The predicted octanol–water partition coefficient (Wildman–Crippen LogP) is 3.13. The van der Waals surface area contributed by atoms with E-state index >= 15 is 0 Å². The van der Waals surface area contributed by atoms with Gasteiger partial charge in [0.15, 0.2) is 0 Å². The van der Waals surface area contributed by atoms with Crippen LogP contribution in [0.25, 0.3) is 0 Å². The Morgan fingerprint density at radius 1 is 1.45 bits per heavy atom. The molecule has 6 heteroatoms. The first-order chi connectivity index (χ1) is 8.69. The van der Waals surface area contributed by atoms with Gasteiger partial charge >= 0.3 is 0 Å².